The van der Waals surface area contributed by atoms with Gasteiger partial charge in [-0.1, -0.05) is 15.9 Å². The standard InChI is InChI=1S/C8H7BrIN2P/c1-5-2-7(9)6-4-11-12(13-10)8(6)3-5/h2-4,13H,1H3. The van der Waals surface area contributed by atoms with Gasteiger partial charge in [0.2, 0.25) is 0 Å². The van der Waals surface area contributed by atoms with Crippen LogP contribution < -0.4 is 0 Å². The van der Waals surface area contributed by atoms with E-state index in [2.05, 4.69) is 62.1 Å². The van der Waals surface area contributed by atoms with Gasteiger partial charge in [-0.2, -0.15) is 5.10 Å². The van der Waals surface area contributed by atoms with Gasteiger partial charge in [0.1, 0.15) is 0 Å². The number of hydrogen-bond acceptors (Lipinski definition) is 1. The van der Waals surface area contributed by atoms with E-state index in [-0.39, 0.29) is 0 Å². The molecule has 2 aromatic rings. The Kier molecular flexibility index (Phi) is 2.91. The Bertz CT molecular complexity index is 455. The molecule has 0 fully saturated rings. The first-order valence-electron chi connectivity index (χ1n) is 3.73. The summed E-state index contributed by atoms with van der Waals surface area (Å²) in [7, 11) is 0. The molecule has 1 aromatic heterocycles. The van der Waals surface area contributed by atoms with Crippen molar-refractivity contribution in [2.24, 2.45) is 0 Å². The molecule has 1 atom stereocenters. The molecule has 0 N–H and O–H groups in total. The molecule has 0 bridgehead atoms. The molecule has 0 saturated heterocycles. The number of hydrogen-bond donors (Lipinski definition) is 0. The summed E-state index contributed by atoms with van der Waals surface area (Å²) in [4.78, 5) is 0. The predicted molar refractivity (Wildman–Crippen MR) is 69.9 cm³/mol. The van der Waals surface area contributed by atoms with Crippen molar-refractivity contribution in [3.8, 4) is 0 Å². The van der Waals surface area contributed by atoms with Crippen molar-refractivity contribution in [1.29, 1.82) is 0 Å². The minimum Gasteiger partial charge on any atom is -0.237 e. The molecule has 2 rings (SSSR count). The lowest BCUT2D eigenvalue weighted by Gasteiger charge is -2.00. The van der Waals surface area contributed by atoms with E-state index in [4.69, 9.17) is 0 Å². The molecule has 68 valence electrons. The quantitative estimate of drug-likeness (QED) is 0.551. The van der Waals surface area contributed by atoms with Crippen molar-refractivity contribution >= 4 is 55.2 Å². The average Bonchev–Trinajstić information content (AvgIpc) is 2.47. The molecule has 0 aliphatic carbocycles. The van der Waals surface area contributed by atoms with Gasteiger partial charge in [0.15, 0.2) is 0 Å². The fraction of sp³-hybridized carbons (Fsp3) is 0.125. The van der Waals surface area contributed by atoms with Gasteiger partial charge in [-0.15, -0.1) is 0 Å². The Hall–Kier alpha value is 0.330. The summed E-state index contributed by atoms with van der Waals surface area (Å²) in [6, 6.07) is 4.28. The maximum absolute atomic E-state index is 4.31. The second-order valence-electron chi connectivity index (χ2n) is 2.82. The maximum atomic E-state index is 4.31. The second kappa shape index (κ2) is 3.83. The number of halogens is 2. The van der Waals surface area contributed by atoms with Gasteiger partial charge in [0.25, 0.3) is 0 Å². The average molecular weight is 369 g/mol. The molecule has 0 spiro atoms. The third kappa shape index (κ3) is 1.76. The van der Waals surface area contributed by atoms with Crippen molar-refractivity contribution in [3.63, 3.8) is 0 Å². The highest BCUT2D eigenvalue weighted by Crippen LogP contribution is 2.32. The Balaban J connectivity index is 2.82. The monoisotopic (exact) mass is 368 g/mol. The molecule has 2 nitrogen and oxygen atoms in total. The minimum atomic E-state index is 0.656. The molecule has 1 aromatic carbocycles. The number of rotatable bonds is 1. The molecule has 0 saturated carbocycles. The van der Waals surface area contributed by atoms with Crippen LogP contribution in [0.4, 0.5) is 0 Å². The number of benzene rings is 1. The molecule has 0 aliphatic rings. The van der Waals surface area contributed by atoms with Gasteiger partial charge in [0.05, 0.1) is 18.1 Å². The Morgan fingerprint density at radius 1 is 1.54 bits per heavy atom. The van der Waals surface area contributed by atoms with Crippen LogP contribution in [0.2, 0.25) is 0 Å². The van der Waals surface area contributed by atoms with Gasteiger partial charge < -0.3 is 0 Å². The van der Waals surface area contributed by atoms with Crippen LogP contribution in [0.1, 0.15) is 5.56 Å². The predicted octanol–water partition coefficient (Wildman–Crippen LogP) is 3.90. The summed E-state index contributed by atoms with van der Waals surface area (Å²) >= 11 is 5.87. The van der Waals surface area contributed by atoms with E-state index < -0.39 is 0 Å². The smallest absolute Gasteiger partial charge is 0.0743 e. The van der Waals surface area contributed by atoms with E-state index in [1.165, 1.54) is 16.5 Å². The topological polar surface area (TPSA) is 17.8 Å². The highest BCUT2D eigenvalue weighted by atomic mass is 127. The van der Waals surface area contributed by atoms with E-state index >= 15 is 0 Å². The van der Waals surface area contributed by atoms with E-state index in [9.17, 15) is 0 Å². The van der Waals surface area contributed by atoms with Crippen LogP contribution in [0.15, 0.2) is 22.8 Å². The molecule has 1 unspecified atom stereocenters. The number of nitrogens with zero attached hydrogens (tertiary/aromatic N) is 2. The van der Waals surface area contributed by atoms with E-state index in [1.807, 2.05) is 10.6 Å². The van der Waals surface area contributed by atoms with E-state index in [0.29, 0.717) is 6.37 Å². The van der Waals surface area contributed by atoms with Crippen molar-refractivity contribution < 1.29 is 0 Å². The molecular formula is C8H7BrIN2P. The molecular weight excluding hydrogens is 362 g/mol. The van der Waals surface area contributed by atoms with Crippen molar-refractivity contribution in [2.45, 2.75) is 6.92 Å². The van der Waals surface area contributed by atoms with E-state index in [1.54, 1.807) is 0 Å². The minimum absolute atomic E-state index is 0.656. The SMILES string of the molecule is Cc1cc(Br)c2cnn(PI)c2c1. The van der Waals surface area contributed by atoms with E-state index in [0.717, 1.165) is 4.47 Å². The van der Waals surface area contributed by atoms with Crippen LogP contribution in [0.25, 0.3) is 10.9 Å². The summed E-state index contributed by atoms with van der Waals surface area (Å²) in [5, 5.41) is 5.50. The molecule has 0 amide bonds. The van der Waals surface area contributed by atoms with Gasteiger partial charge in [0, 0.05) is 9.86 Å². The Morgan fingerprint density at radius 3 is 3.00 bits per heavy atom. The largest absolute Gasteiger partial charge is 0.237 e. The zero-order chi connectivity index (χ0) is 9.42. The molecule has 1 heterocycles. The number of aromatic nitrogens is 2. The molecule has 13 heavy (non-hydrogen) atoms. The summed E-state index contributed by atoms with van der Waals surface area (Å²) in [5.74, 6) is 0. The van der Waals surface area contributed by atoms with Gasteiger partial charge in [-0.05, 0) is 46.7 Å². The Morgan fingerprint density at radius 2 is 2.31 bits per heavy atom. The summed E-state index contributed by atoms with van der Waals surface area (Å²) in [6.45, 7) is 2.10. The highest BCUT2D eigenvalue weighted by molar-refractivity contribution is 14.2. The van der Waals surface area contributed by atoms with Gasteiger partial charge in [-0.25, -0.2) is 4.45 Å². The first-order chi connectivity index (χ1) is 6.22. The molecule has 0 aliphatic heterocycles. The fourth-order valence-electron chi connectivity index (χ4n) is 1.28. The molecule has 5 heteroatoms. The van der Waals surface area contributed by atoms with Crippen LogP contribution in [-0.2, 0) is 0 Å². The van der Waals surface area contributed by atoms with Gasteiger partial charge in [-0.3, -0.25) is 0 Å². The van der Waals surface area contributed by atoms with Crippen LogP contribution in [0.3, 0.4) is 0 Å². The lowest BCUT2D eigenvalue weighted by molar-refractivity contribution is 1.04. The second-order valence-corrected chi connectivity index (χ2v) is 5.71. The Labute approximate surface area is 99.5 Å². The summed E-state index contributed by atoms with van der Waals surface area (Å²) in [5.41, 5.74) is 2.47. The van der Waals surface area contributed by atoms with Crippen molar-refractivity contribution in [3.05, 3.63) is 28.4 Å². The van der Waals surface area contributed by atoms with Gasteiger partial charge >= 0.3 is 0 Å². The third-order valence-corrected chi connectivity index (χ3v) is 4.41. The van der Waals surface area contributed by atoms with Crippen LogP contribution >= 0.6 is 44.3 Å². The zero-order valence-electron chi connectivity index (χ0n) is 6.88. The van der Waals surface area contributed by atoms with Crippen LogP contribution in [-0.4, -0.2) is 9.55 Å². The van der Waals surface area contributed by atoms with Crippen molar-refractivity contribution in [2.75, 3.05) is 0 Å². The van der Waals surface area contributed by atoms with Crippen LogP contribution in [0.5, 0.6) is 0 Å². The maximum Gasteiger partial charge on any atom is 0.0743 e. The molecule has 0 radical (unpaired) electrons. The third-order valence-electron chi connectivity index (χ3n) is 1.86. The number of aryl methyl sites for hydroxylation is 1. The normalized spacial score (nSPS) is 11.9. The lowest BCUT2D eigenvalue weighted by Crippen LogP contribution is -1.82. The fourth-order valence-corrected chi connectivity index (χ4v) is 3.48. The van der Waals surface area contributed by atoms with Crippen molar-refractivity contribution in [1.82, 2.24) is 9.55 Å². The van der Waals surface area contributed by atoms with Crippen LogP contribution in [0, 0.1) is 6.92 Å². The summed E-state index contributed by atoms with van der Waals surface area (Å²) in [6.07, 6.45) is 2.56. The highest BCUT2D eigenvalue weighted by Gasteiger charge is 2.05. The number of fused-ring (bicyclic) bond motifs is 1. The summed E-state index contributed by atoms with van der Waals surface area (Å²) < 4.78 is 3.15. The lowest BCUT2D eigenvalue weighted by atomic mass is 10.2. The first-order valence-corrected chi connectivity index (χ1v) is 8.58. The first kappa shape index (κ1) is 9.87. The zero-order valence-corrected chi connectivity index (χ0v) is 11.6.